The predicted molar refractivity (Wildman–Crippen MR) is 100 cm³/mol. The van der Waals surface area contributed by atoms with Crippen LogP contribution in [0.15, 0.2) is 78.9 Å². The van der Waals surface area contributed by atoms with Crippen LogP contribution in [0.3, 0.4) is 0 Å². The molecule has 0 aromatic heterocycles. The van der Waals surface area contributed by atoms with E-state index in [0.29, 0.717) is 5.56 Å². The van der Waals surface area contributed by atoms with Gasteiger partial charge in [-0.05, 0) is 41.8 Å². The Kier molecular flexibility index (Phi) is 4.00. The number of fused-ring (bicyclic) bond motifs is 1. The largest absolute Gasteiger partial charge is 0.497 e. The number of carbonyl (C=O) groups is 1. The summed E-state index contributed by atoms with van der Waals surface area (Å²) in [7, 11) is 1.64. The third-order valence-corrected chi connectivity index (χ3v) is 5.14. The minimum atomic E-state index is -0.806. The molecule has 2 atom stereocenters. The minimum Gasteiger partial charge on any atom is -0.497 e. The Morgan fingerprint density at radius 1 is 0.885 bits per heavy atom. The van der Waals surface area contributed by atoms with Crippen LogP contribution in [-0.2, 0) is 10.3 Å². The van der Waals surface area contributed by atoms with Gasteiger partial charge in [0, 0.05) is 0 Å². The number of hydrogen-bond acceptors (Lipinski definition) is 3. The van der Waals surface area contributed by atoms with E-state index < -0.39 is 5.60 Å². The molecule has 0 aliphatic carbocycles. The number of rotatable bonds is 3. The summed E-state index contributed by atoms with van der Waals surface area (Å²) in [6.45, 7) is 1.99. The van der Waals surface area contributed by atoms with Gasteiger partial charge in [-0.15, -0.1) is 0 Å². The molecule has 0 N–H and O–H groups in total. The number of hydrogen-bond donors (Lipinski definition) is 0. The Morgan fingerprint density at radius 3 is 2.23 bits per heavy atom. The molecular formula is C23H20O3. The van der Waals surface area contributed by atoms with Crippen LogP contribution in [-0.4, -0.2) is 13.1 Å². The van der Waals surface area contributed by atoms with E-state index in [1.54, 1.807) is 7.11 Å². The molecule has 0 spiro atoms. The second-order valence-corrected chi connectivity index (χ2v) is 6.66. The molecule has 3 heteroatoms. The van der Waals surface area contributed by atoms with Crippen molar-refractivity contribution in [1.29, 1.82) is 0 Å². The Balaban J connectivity index is 1.93. The number of benzene rings is 3. The molecule has 0 radical (unpaired) electrons. The summed E-state index contributed by atoms with van der Waals surface area (Å²) in [5, 5.41) is 0. The van der Waals surface area contributed by atoms with E-state index in [9.17, 15) is 4.79 Å². The fraction of sp³-hybridized carbons (Fsp3) is 0.174. The Labute approximate surface area is 153 Å². The van der Waals surface area contributed by atoms with Gasteiger partial charge in [-0.3, -0.25) is 0 Å². The quantitative estimate of drug-likeness (QED) is 0.633. The lowest BCUT2D eigenvalue weighted by Gasteiger charge is -2.42. The lowest BCUT2D eigenvalue weighted by molar-refractivity contribution is -0.0275. The van der Waals surface area contributed by atoms with E-state index in [1.165, 1.54) is 0 Å². The van der Waals surface area contributed by atoms with Gasteiger partial charge in [0.25, 0.3) is 0 Å². The van der Waals surface area contributed by atoms with Gasteiger partial charge in [-0.2, -0.15) is 0 Å². The normalized spacial score (nSPS) is 21.6. The summed E-state index contributed by atoms with van der Waals surface area (Å²) < 4.78 is 11.3. The highest BCUT2D eigenvalue weighted by Gasteiger charge is 2.47. The van der Waals surface area contributed by atoms with Crippen LogP contribution in [0.4, 0.5) is 0 Å². The standard InChI is InChI=1S/C23H20O3/c1-23(17-12-14-18(25-2)15-13-17)21(16-8-4-3-5-9-16)19-10-6-7-11-20(19)22(24)26-23/h3-15,21H,1-2H3. The number of ether oxygens (including phenoxy) is 2. The van der Waals surface area contributed by atoms with Crippen molar-refractivity contribution in [1.82, 2.24) is 0 Å². The first-order chi connectivity index (χ1) is 12.6. The van der Waals surface area contributed by atoms with Gasteiger partial charge in [0.2, 0.25) is 0 Å². The van der Waals surface area contributed by atoms with Crippen molar-refractivity contribution < 1.29 is 14.3 Å². The second-order valence-electron chi connectivity index (χ2n) is 6.66. The van der Waals surface area contributed by atoms with Crippen LogP contribution in [0, 0.1) is 0 Å². The average molecular weight is 344 g/mol. The first-order valence-electron chi connectivity index (χ1n) is 8.65. The van der Waals surface area contributed by atoms with E-state index >= 15 is 0 Å². The summed E-state index contributed by atoms with van der Waals surface area (Å²) >= 11 is 0. The summed E-state index contributed by atoms with van der Waals surface area (Å²) in [5.74, 6) is 0.397. The summed E-state index contributed by atoms with van der Waals surface area (Å²) in [5.41, 5.74) is 2.88. The average Bonchev–Trinajstić information content (AvgIpc) is 2.69. The lowest BCUT2D eigenvalue weighted by atomic mass is 9.71. The zero-order valence-electron chi connectivity index (χ0n) is 14.8. The molecule has 130 valence electrons. The first kappa shape index (κ1) is 16.4. The number of cyclic esters (lactones) is 1. The Morgan fingerprint density at radius 2 is 1.54 bits per heavy atom. The molecule has 0 fully saturated rings. The first-order valence-corrected chi connectivity index (χ1v) is 8.65. The van der Waals surface area contributed by atoms with E-state index in [4.69, 9.17) is 9.47 Å². The molecule has 0 saturated heterocycles. The summed E-state index contributed by atoms with van der Waals surface area (Å²) in [6, 6.07) is 25.6. The van der Waals surface area contributed by atoms with Gasteiger partial charge < -0.3 is 9.47 Å². The fourth-order valence-corrected chi connectivity index (χ4v) is 3.83. The highest BCUT2D eigenvalue weighted by molar-refractivity contribution is 5.93. The smallest absolute Gasteiger partial charge is 0.339 e. The molecule has 0 bridgehead atoms. The van der Waals surface area contributed by atoms with Crippen LogP contribution < -0.4 is 4.74 Å². The van der Waals surface area contributed by atoms with Gasteiger partial charge in [-0.25, -0.2) is 4.79 Å². The third kappa shape index (κ3) is 2.57. The highest BCUT2D eigenvalue weighted by Crippen LogP contribution is 2.49. The molecule has 1 aliphatic rings. The Bertz CT molecular complexity index is 931. The second kappa shape index (κ2) is 6.34. The van der Waals surface area contributed by atoms with Gasteiger partial charge in [0.1, 0.15) is 11.4 Å². The van der Waals surface area contributed by atoms with Crippen molar-refractivity contribution in [2.75, 3.05) is 7.11 Å². The molecule has 3 nitrogen and oxygen atoms in total. The van der Waals surface area contributed by atoms with Crippen LogP contribution >= 0.6 is 0 Å². The van der Waals surface area contributed by atoms with Crippen molar-refractivity contribution in [3.63, 3.8) is 0 Å². The lowest BCUT2D eigenvalue weighted by Crippen LogP contribution is -2.41. The summed E-state index contributed by atoms with van der Waals surface area (Å²) in [6.07, 6.45) is 0. The number of methoxy groups -OCH3 is 1. The molecule has 4 rings (SSSR count). The SMILES string of the molecule is COc1ccc(C2(C)OC(=O)c3ccccc3C2c2ccccc2)cc1. The topological polar surface area (TPSA) is 35.5 Å². The molecule has 0 saturated carbocycles. The minimum absolute atomic E-state index is 0.0917. The Hall–Kier alpha value is -3.07. The van der Waals surface area contributed by atoms with Crippen LogP contribution in [0.25, 0.3) is 0 Å². The molecule has 1 heterocycles. The van der Waals surface area contributed by atoms with Gasteiger partial charge in [0.15, 0.2) is 0 Å². The van der Waals surface area contributed by atoms with Gasteiger partial charge in [-0.1, -0.05) is 60.7 Å². The van der Waals surface area contributed by atoms with Crippen molar-refractivity contribution >= 4 is 5.97 Å². The maximum Gasteiger partial charge on any atom is 0.339 e. The van der Waals surface area contributed by atoms with Crippen LogP contribution in [0.1, 0.15) is 39.9 Å². The maximum absolute atomic E-state index is 12.7. The number of carbonyl (C=O) groups excluding carboxylic acids is 1. The van der Waals surface area contributed by atoms with E-state index in [2.05, 4.69) is 12.1 Å². The molecule has 1 aliphatic heterocycles. The molecule has 0 amide bonds. The molecule has 3 aromatic rings. The van der Waals surface area contributed by atoms with Crippen molar-refractivity contribution in [2.45, 2.75) is 18.4 Å². The fourth-order valence-electron chi connectivity index (χ4n) is 3.83. The predicted octanol–water partition coefficient (Wildman–Crippen LogP) is 4.91. The van der Waals surface area contributed by atoms with Crippen LogP contribution in [0.2, 0.25) is 0 Å². The highest BCUT2D eigenvalue weighted by atomic mass is 16.6. The zero-order chi connectivity index (χ0) is 18.1. The van der Waals surface area contributed by atoms with Gasteiger partial charge in [0.05, 0.1) is 18.6 Å². The van der Waals surface area contributed by atoms with Crippen molar-refractivity contribution in [3.05, 3.63) is 101 Å². The van der Waals surface area contributed by atoms with Crippen LogP contribution in [0.5, 0.6) is 5.75 Å². The van der Waals surface area contributed by atoms with Crippen molar-refractivity contribution in [3.8, 4) is 5.75 Å². The monoisotopic (exact) mass is 344 g/mol. The van der Waals surface area contributed by atoms with E-state index in [1.807, 2.05) is 73.7 Å². The van der Waals surface area contributed by atoms with Crippen molar-refractivity contribution in [2.24, 2.45) is 0 Å². The maximum atomic E-state index is 12.7. The summed E-state index contributed by atoms with van der Waals surface area (Å²) in [4.78, 5) is 12.7. The molecule has 26 heavy (non-hydrogen) atoms. The molecule has 2 unspecified atom stereocenters. The zero-order valence-corrected chi connectivity index (χ0v) is 14.8. The van der Waals surface area contributed by atoms with E-state index in [0.717, 1.165) is 22.4 Å². The third-order valence-electron chi connectivity index (χ3n) is 5.14. The number of esters is 1. The van der Waals surface area contributed by atoms with Gasteiger partial charge >= 0.3 is 5.97 Å². The molecular weight excluding hydrogens is 324 g/mol. The molecule has 3 aromatic carbocycles. The van der Waals surface area contributed by atoms with E-state index in [-0.39, 0.29) is 11.9 Å².